The Hall–Kier alpha value is -2.11. The van der Waals surface area contributed by atoms with Crippen molar-refractivity contribution in [3.63, 3.8) is 0 Å². The minimum atomic E-state index is -0.336. The van der Waals surface area contributed by atoms with E-state index in [0.717, 1.165) is 12.1 Å². The van der Waals surface area contributed by atoms with Crippen LogP contribution >= 0.6 is 12.4 Å². The largest absolute Gasteiger partial charge is 0.489 e. The molecule has 0 spiro atoms. The van der Waals surface area contributed by atoms with Crippen LogP contribution in [0.15, 0.2) is 48.5 Å². The summed E-state index contributed by atoms with van der Waals surface area (Å²) < 4.78 is 18.7. The van der Waals surface area contributed by atoms with Crippen LogP contribution in [0, 0.1) is 5.82 Å². The fraction of sp³-hybridized carbons (Fsp3) is 0.278. The molecule has 0 aromatic heterocycles. The van der Waals surface area contributed by atoms with E-state index in [1.54, 1.807) is 36.2 Å². The van der Waals surface area contributed by atoms with E-state index in [-0.39, 0.29) is 30.7 Å². The van der Waals surface area contributed by atoms with Crippen LogP contribution in [0.1, 0.15) is 15.9 Å². The molecule has 0 aliphatic rings. The van der Waals surface area contributed by atoms with Gasteiger partial charge in [0.15, 0.2) is 0 Å². The van der Waals surface area contributed by atoms with Gasteiger partial charge in [0.25, 0.3) is 5.91 Å². The highest BCUT2D eigenvalue weighted by molar-refractivity contribution is 5.94. The Labute approximate surface area is 148 Å². The first-order valence-corrected chi connectivity index (χ1v) is 7.47. The molecule has 0 saturated carbocycles. The summed E-state index contributed by atoms with van der Waals surface area (Å²) in [5.41, 5.74) is 1.48. The average molecular weight is 353 g/mol. The molecule has 24 heavy (non-hydrogen) atoms. The fourth-order valence-electron chi connectivity index (χ4n) is 2.12. The topological polar surface area (TPSA) is 41.6 Å². The number of hydrogen-bond acceptors (Lipinski definition) is 3. The number of nitrogens with zero attached hydrogens (tertiary/aromatic N) is 1. The fourth-order valence-corrected chi connectivity index (χ4v) is 2.12. The molecule has 0 bridgehead atoms. The van der Waals surface area contributed by atoms with Crippen LogP contribution in [-0.2, 0) is 6.61 Å². The molecule has 0 atom stereocenters. The van der Waals surface area contributed by atoms with Gasteiger partial charge in [-0.2, -0.15) is 0 Å². The van der Waals surface area contributed by atoms with Crippen LogP contribution in [0.4, 0.5) is 4.39 Å². The lowest BCUT2D eigenvalue weighted by Gasteiger charge is -2.17. The second-order valence-corrected chi connectivity index (χ2v) is 5.28. The predicted molar refractivity (Wildman–Crippen MR) is 95.3 cm³/mol. The Bertz CT molecular complexity index is 667. The zero-order chi connectivity index (χ0) is 16.7. The second kappa shape index (κ2) is 9.90. The third-order valence-corrected chi connectivity index (χ3v) is 3.42. The van der Waals surface area contributed by atoms with Crippen molar-refractivity contribution >= 4 is 18.3 Å². The van der Waals surface area contributed by atoms with Crippen molar-refractivity contribution in [3.8, 4) is 5.75 Å². The maximum atomic E-state index is 13.1. The molecule has 1 amide bonds. The lowest BCUT2D eigenvalue weighted by Crippen LogP contribution is -2.32. The summed E-state index contributed by atoms with van der Waals surface area (Å²) in [6.45, 7) is 1.66. The summed E-state index contributed by atoms with van der Waals surface area (Å²) >= 11 is 0. The van der Waals surface area contributed by atoms with E-state index in [0.29, 0.717) is 17.9 Å². The van der Waals surface area contributed by atoms with Crippen LogP contribution in [0.3, 0.4) is 0 Å². The minimum Gasteiger partial charge on any atom is -0.489 e. The molecule has 0 fully saturated rings. The van der Waals surface area contributed by atoms with Crippen molar-refractivity contribution in [1.29, 1.82) is 0 Å². The highest BCUT2D eigenvalue weighted by Gasteiger charge is 2.11. The van der Waals surface area contributed by atoms with Gasteiger partial charge in [-0.25, -0.2) is 4.39 Å². The van der Waals surface area contributed by atoms with Crippen LogP contribution in [0.2, 0.25) is 0 Å². The molecule has 0 radical (unpaired) electrons. The summed E-state index contributed by atoms with van der Waals surface area (Å²) in [4.78, 5) is 14.0. The Kier molecular flexibility index (Phi) is 8.22. The third-order valence-electron chi connectivity index (χ3n) is 3.42. The number of nitrogens with one attached hydrogen (secondary N) is 1. The molecule has 2 rings (SSSR count). The molecule has 1 N–H and O–H groups in total. The maximum Gasteiger partial charge on any atom is 0.253 e. The van der Waals surface area contributed by atoms with Gasteiger partial charge in [-0.15, -0.1) is 12.4 Å². The number of carbonyl (C=O) groups excluding carboxylic acids is 1. The van der Waals surface area contributed by atoms with Crippen LogP contribution in [0.25, 0.3) is 0 Å². The number of carbonyl (C=O) groups is 1. The summed E-state index contributed by atoms with van der Waals surface area (Å²) in [5, 5.41) is 3.01. The highest BCUT2D eigenvalue weighted by Crippen LogP contribution is 2.15. The number of benzene rings is 2. The van der Waals surface area contributed by atoms with Crippen LogP contribution < -0.4 is 10.1 Å². The van der Waals surface area contributed by atoms with Crippen molar-refractivity contribution in [2.75, 3.05) is 27.2 Å². The molecule has 2 aromatic rings. The van der Waals surface area contributed by atoms with E-state index in [1.807, 2.05) is 19.2 Å². The lowest BCUT2D eigenvalue weighted by atomic mass is 10.1. The standard InChI is InChI=1S/C18H21FN2O2.ClH/c1-20-9-10-21(2)18(22)15-6-3-5-14(11-15)13-23-17-8-4-7-16(19)12-17;/h3-8,11-12,20H,9-10,13H2,1-2H3;1H. The molecule has 4 nitrogen and oxygen atoms in total. The van der Waals surface area contributed by atoms with Gasteiger partial charge >= 0.3 is 0 Å². The Morgan fingerprint density at radius 2 is 1.96 bits per heavy atom. The van der Waals surface area contributed by atoms with Gasteiger partial charge in [0.1, 0.15) is 18.2 Å². The van der Waals surface area contributed by atoms with Crippen molar-refractivity contribution in [2.45, 2.75) is 6.61 Å². The van der Waals surface area contributed by atoms with E-state index in [4.69, 9.17) is 4.74 Å². The first kappa shape index (κ1) is 19.9. The number of ether oxygens (including phenoxy) is 1. The maximum absolute atomic E-state index is 13.1. The van der Waals surface area contributed by atoms with Crippen LogP contribution in [0.5, 0.6) is 5.75 Å². The highest BCUT2D eigenvalue weighted by atomic mass is 35.5. The van der Waals surface area contributed by atoms with Crippen molar-refractivity contribution in [2.24, 2.45) is 0 Å². The van der Waals surface area contributed by atoms with Gasteiger partial charge in [-0.05, 0) is 36.9 Å². The third kappa shape index (κ3) is 5.83. The molecular formula is C18H22ClFN2O2. The van der Waals surface area contributed by atoms with Gasteiger partial charge in [0, 0.05) is 31.8 Å². The first-order valence-electron chi connectivity index (χ1n) is 7.47. The smallest absolute Gasteiger partial charge is 0.253 e. The van der Waals surface area contributed by atoms with E-state index in [2.05, 4.69) is 5.32 Å². The summed E-state index contributed by atoms with van der Waals surface area (Å²) in [7, 11) is 3.62. The van der Waals surface area contributed by atoms with Crippen molar-refractivity contribution in [1.82, 2.24) is 10.2 Å². The summed E-state index contributed by atoms with van der Waals surface area (Å²) in [6.07, 6.45) is 0. The van der Waals surface area contributed by atoms with Crippen molar-refractivity contribution < 1.29 is 13.9 Å². The predicted octanol–water partition coefficient (Wildman–Crippen LogP) is 3.12. The Morgan fingerprint density at radius 3 is 2.67 bits per heavy atom. The monoisotopic (exact) mass is 352 g/mol. The number of hydrogen-bond donors (Lipinski definition) is 1. The number of amides is 1. The zero-order valence-corrected chi connectivity index (χ0v) is 14.6. The van der Waals surface area contributed by atoms with Gasteiger partial charge in [0.2, 0.25) is 0 Å². The molecule has 130 valence electrons. The molecule has 0 aliphatic carbocycles. The number of rotatable bonds is 7. The minimum absolute atomic E-state index is 0. The van der Waals surface area contributed by atoms with E-state index < -0.39 is 0 Å². The first-order chi connectivity index (χ1) is 11.1. The van der Waals surface area contributed by atoms with Gasteiger partial charge in [-0.3, -0.25) is 4.79 Å². The normalized spacial score (nSPS) is 9.96. The summed E-state index contributed by atoms with van der Waals surface area (Å²) in [5.74, 6) is 0.0957. The van der Waals surface area contributed by atoms with E-state index in [1.165, 1.54) is 12.1 Å². The Morgan fingerprint density at radius 1 is 1.21 bits per heavy atom. The number of halogens is 2. The SMILES string of the molecule is CNCCN(C)C(=O)c1cccc(COc2cccc(F)c2)c1.Cl. The van der Waals surface area contributed by atoms with E-state index >= 15 is 0 Å². The van der Waals surface area contributed by atoms with E-state index in [9.17, 15) is 9.18 Å². The lowest BCUT2D eigenvalue weighted by molar-refractivity contribution is 0.0796. The van der Waals surface area contributed by atoms with Crippen LogP contribution in [-0.4, -0.2) is 38.0 Å². The summed E-state index contributed by atoms with van der Waals surface area (Å²) in [6, 6.07) is 13.3. The molecule has 2 aromatic carbocycles. The second-order valence-electron chi connectivity index (χ2n) is 5.28. The van der Waals surface area contributed by atoms with Crippen molar-refractivity contribution in [3.05, 3.63) is 65.5 Å². The van der Waals surface area contributed by atoms with Gasteiger partial charge in [0.05, 0.1) is 0 Å². The molecular weight excluding hydrogens is 331 g/mol. The van der Waals surface area contributed by atoms with Gasteiger partial charge in [-0.1, -0.05) is 18.2 Å². The molecule has 6 heteroatoms. The molecule has 0 saturated heterocycles. The molecule has 0 aliphatic heterocycles. The Balaban J connectivity index is 0.00000288. The average Bonchev–Trinajstić information content (AvgIpc) is 2.57. The molecule has 0 heterocycles. The quantitative estimate of drug-likeness (QED) is 0.832. The van der Waals surface area contributed by atoms with Gasteiger partial charge < -0.3 is 15.0 Å². The molecule has 0 unspecified atom stereocenters. The zero-order valence-electron chi connectivity index (χ0n) is 13.8. The number of likely N-dealkylation sites (N-methyl/N-ethyl adjacent to an activating group) is 2.